The number of carbonyl (C=O) groups is 3. The highest BCUT2D eigenvalue weighted by Gasteiger charge is 2.20. The van der Waals surface area contributed by atoms with Crippen molar-refractivity contribution in [3.8, 4) is 0 Å². The Balaban J connectivity index is 1.89. The highest BCUT2D eigenvalue weighted by atomic mass is 16.5. The van der Waals surface area contributed by atoms with E-state index in [1.54, 1.807) is 31.2 Å². The summed E-state index contributed by atoms with van der Waals surface area (Å²) in [5, 5.41) is 6.69. The van der Waals surface area contributed by atoms with Gasteiger partial charge in [-0.1, -0.05) is 31.4 Å². The lowest BCUT2D eigenvalue weighted by Gasteiger charge is -2.19. The van der Waals surface area contributed by atoms with Gasteiger partial charge in [0.25, 0.3) is 0 Å². The number of benzene rings is 1. The Morgan fingerprint density at radius 3 is 2.54 bits per heavy atom. The third kappa shape index (κ3) is 5.68. The number of ether oxygens (including phenoxy) is 1. The van der Waals surface area contributed by atoms with Crippen LogP contribution in [0.2, 0.25) is 0 Å². The Kier molecular flexibility index (Phi) is 7.32. The fourth-order valence-electron chi connectivity index (χ4n) is 2.95. The van der Waals surface area contributed by atoms with Crippen LogP contribution in [0.3, 0.4) is 0 Å². The molecule has 0 unspecified atom stereocenters. The average Bonchev–Trinajstić information content (AvgIpc) is 2.66. The smallest absolute Gasteiger partial charge is 0.339 e. The third-order valence-electron chi connectivity index (χ3n) is 4.36. The molecule has 1 aromatic carbocycles. The second-order valence-electron chi connectivity index (χ2n) is 6.42. The zero-order chi connectivity index (χ0) is 18.9. The van der Waals surface area contributed by atoms with Gasteiger partial charge in [0, 0.05) is 11.6 Å². The minimum atomic E-state index is -0.522. The number of methoxy groups -OCH3 is 1. The number of hydrogen-bond donors (Lipinski definition) is 2. The SMILES string of the molecule is COC(=O)c1ccccc1NC(=O)C/C(C)=N\NC(=O)C1CCCCC1. The molecule has 0 aliphatic heterocycles. The second kappa shape index (κ2) is 9.70. The van der Waals surface area contributed by atoms with Crippen LogP contribution in [0.25, 0.3) is 0 Å². The van der Waals surface area contributed by atoms with Crippen molar-refractivity contribution in [2.75, 3.05) is 12.4 Å². The summed E-state index contributed by atoms with van der Waals surface area (Å²) in [6, 6.07) is 6.61. The van der Waals surface area contributed by atoms with E-state index >= 15 is 0 Å². The molecule has 0 bridgehead atoms. The molecule has 2 rings (SSSR count). The van der Waals surface area contributed by atoms with E-state index in [1.165, 1.54) is 13.5 Å². The van der Waals surface area contributed by atoms with Gasteiger partial charge in [0.15, 0.2) is 0 Å². The van der Waals surface area contributed by atoms with Gasteiger partial charge in [-0.05, 0) is 31.9 Å². The van der Waals surface area contributed by atoms with E-state index in [0.29, 0.717) is 11.4 Å². The zero-order valence-corrected chi connectivity index (χ0v) is 15.2. The van der Waals surface area contributed by atoms with Gasteiger partial charge in [0.1, 0.15) is 0 Å². The lowest BCUT2D eigenvalue weighted by Crippen LogP contribution is -2.29. The maximum Gasteiger partial charge on any atom is 0.339 e. The Hall–Kier alpha value is -2.70. The average molecular weight is 359 g/mol. The monoisotopic (exact) mass is 359 g/mol. The number of carbonyl (C=O) groups excluding carboxylic acids is 3. The van der Waals surface area contributed by atoms with Gasteiger partial charge >= 0.3 is 5.97 Å². The normalized spacial score (nSPS) is 15.2. The van der Waals surface area contributed by atoms with Crippen LogP contribution in [-0.2, 0) is 14.3 Å². The largest absolute Gasteiger partial charge is 0.465 e. The van der Waals surface area contributed by atoms with Gasteiger partial charge in [-0.2, -0.15) is 5.10 Å². The molecule has 2 N–H and O–H groups in total. The van der Waals surface area contributed by atoms with Crippen LogP contribution in [-0.4, -0.2) is 30.6 Å². The molecule has 26 heavy (non-hydrogen) atoms. The molecule has 0 radical (unpaired) electrons. The van der Waals surface area contributed by atoms with Crippen molar-refractivity contribution in [1.29, 1.82) is 0 Å². The van der Waals surface area contributed by atoms with Crippen molar-refractivity contribution in [1.82, 2.24) is 5.43 Å². The molecular formula is C19H25N3O4. The van der Waals surface area contributed by atoms with Crippen molar-refractivity contribution in [2.24, 2.45) is 11.0 Å². The number of hydrogen-bond acceptors (Lipinski definition) is 5. The van der Waals surface area contributed by atoms with Crippen LogP contribution in [0, 0.1) is 5.92 Å². The minimum Gasteiger partial charge on any atom is -0.465 e. The molecule has 1 saturated carbocycles. The first-order valence-electron chi connectivity index (χ1n) is 8.81. The summed E-state index contributed by atoms with van der Waals surface area (Å²) < 4.78 is 4.70. The number of anilines is 1. The van der Waals surface area contributed by atoms with Crippen LogP contribution in [0.15, 0.2) is 29.4 Å². The van der Waals surface area contributed by atoms with Gasteiger partial charge in [-0.3, -0.25) is 9.59 Å². The summed E-state index contributed by atoms with van der Waals surface area (Å²) in [6.45, 7) is 1.67. The number of hydrazone groups is 1. The summed E-state index contributed by atoms with van der Waals surface area (Å²) in [4.78, 5) is 36.0. The maximum atomic E-state index is 12.2. The Labute approximate surface area is 153 Å². The van der Waals surface area contributed by atoms with Crippen molar-refractivity contribution >= 4 is 29.2 Å². The summed E-state index contributed by atoms with van der Waals surface area (Å²) in [5.74, 6) is -0.915. The number of para-hydroxylation sites is 1. The number of amides is 2. The van der Waals surface area contributed by atoms with E-state index in [0.717, 1.165) is 25.7 Å². The van der Waals surface area contributed by atoms with Crippen molar-refractivity contribution in [3.05, 3.63) is 29.8 Å². The standard InChI is InChI=1S/C19H25N3O4/c1-13(21-22-18(24)14-8-4-3-5-9-14)12-17(23)20-16-11-7-6-10-15(16)19(25)26-2/h6-7,10-11,14H,3-5,8-9,12H2,1-2H3,(H,20,23)(H,22,24)/b21-13-. The first kappa shape index (κ1) is 19.6. The molecule has 0 heterocycles. The van der Waals surface area contributed by atoms with E-state index in [2.05, 4.69) is 15.8 Å². The molecule has 1 aliphatic rings. The summed E-state index contributed by atoms with van der Waals surface area (Å²) in [5.41, 5.74) is 3.70. The lowest BCUT2D eigenvalue weighted by molar-refractivity contribution is -0.126. The fourth-order valence-corrected chi connectivity index (χ4v) is 2.95. The van der Waals surface area contributed by atoms with E-state index in [1.807, 2.05) is 0 Å². The first-order chi connectivity index (χ1) is 12.5. The number of rotatable bonds is 6. The van der Waals surface area contributed by atoms with Crippen LogP contribution in [0.5, 0.6) is 0 Å². The Morgan fingerprint density at radius 1 is 1.15 bits per heavy atom. The van der Waals surface area contributed by atoms with E-state index in [4.69, 9.17) is 4.74 Å². The third-order valence-corrected chi connectivity index (χ3v) is 4.36. The van der Waals surface area contributed by atoms with Crippen molar-refractivity contribution < 1.29 is 19.1 Å². The first-order valence-corrected chi connectivity index (χ1v) is 8.81. The van der Waals surface area contributed by atoms with Crippen LogP contribution in [0.4, 0.5) is 5.69 Å². The molecule has 1 fully saturated rings. The van der Waals surface area contributed by atoms with E-state index in [-0.39, 0.29) is 29.7 Å². The van der Waals surface area contributed by atoms with Crippen LogP contribution >= 0.6 is 0 Å². The summed E-state index contributed by atoms with van der Waals surface area (Å²) in [7, 11) is 1.28. The molecule has 1 aliphatic carbocycles. The van der Waals surface area contributed by atoms with Crippen molar-refractivity contribution in [3.63, 3.8) is 0 Å². The van der Waals surface area contributed by atoms with Gasteiger partial charge in [-0.15, -0.1) is 0 Å². The molecule has 1 aromatic rings. The maximum absolute atomic E-state index is 12.2. The number of nitrogens with zero attached hydrogens (tertiary/aromatic N) is 1. The van der Waals surface area contributed by atoms with E-state index < -0.39 is 5.97 Å². The topological polar surface area (TPSA) is 96.9 Å². The Morgan fingerprint density at radius 2 is 1.85 bits per heavy atom. The molecule has 0 aromatic heterocycles. The molecule has 7 heteroatoms. The fraction of sp³-hybridized carbons (Fsp3) is 0.474. The molecule has 0 atom stereocenters. The quantitative estimate of drug-likeness (QED) is 0.464. The van der Waals surface area contributed by atoms with Gasteiger partial charge in [0.05, 0.1) is 24.8 Å². The van der Waals surface area contributed by atoms with Crippen LogP contribution in [0.1, 0.15) is 55.8 Å². The summed E-state index contributed by atoms with van der Waals surface area (Å²) >= 11 is 0. The molecular weight excluding hydrogens is 334 g/mol. The van der Waals surface area contributed by atoms with Gasteiger partial charge < -0.3 is 10.1 Å². The molecule has 2 amide bonds. The molecule has 7 nitrogen and oxygen atoms in total. The van der Waals surface area contributed by atoms with Crippen LogP contribution < -0.4 is 10.7 Å². The molecule has 140 valence electrons. The Bertz CT molecular complexity index is 694. The number of nitrogens with one attached hydrogen (secondary N) is 2. The van der Waals surface area contributed by atoms with Crippen molar-refractivity contribution in [2.45, 2.75) is 45.4 Å². The van der Waals surface area contributed by atoms with Gasteiger partial charge in [-0.25, -0.2) is 10.2 Å². The second-order valence-corrected chi connectivity index (χ2v) is 6.42. The predicted molar refractivity (Wildman–Crippen MR) is 98.9 cm³/mol. The highest BCUT2D eigenvalue weighted by Crippen LogP contribution is 2.23. The minimum absolute atomic E-state index is 0.0143. The summed E-state index contributed by atoms with van der Waals surface area (Å²) in [6.07, 6.45) is 5.13. The van der Waals surface area contributed by atoms with E-state index in [9.17, 15) is 14.4 Å². The predicted octanol–water partition coefficient (Wildman–Crippen LogP) is 2.87. The zero-order valence-electron chi connectivity index (χ0n) is 15.2. The van der Waals surface area contributed by atoms with Gasteiger partial charge in [0.2, 0.25) is 11.8 Å². The highest BCUT2D eigenvalue weighted by molar-refractivity contribution is 6.08. The molecule has 0 saturated heterocycles. The lowest BCUT2D eigenvalue weighted by atomic mass is 9.89. The number of esters is 1. The molecule has 0 spiro atoms.